The van der Waals surface area contributed by atoms with Crippen molar-refractivity contribution in [1.29, 1.82) is 0 Å². The summed E-state index contributed by atoms with van der Waals surface area (Å²) in [4.78, 5) is 22.5. The van der Waals surface area contributed by atoms with Crippen LogP contribution in [0.4, 0.5) is 0 Å². The largest absolute Gasteiger partial charge is 0.377 e. The molecule has 3 aromatic rings. The highest BCUT2D eigenvalue weighted by Crippen LogP contribution is 2.22. The number of imidazole rings is 1. The molecular formula is C19H22N4O2. The molecule has 1 aromatic carbocycles. The predicted octanol–water partition coefficient (Wildman–Crippen LogP) is 2.47. The highest BCUT2D eigenvalue weighted by Gasteiger charge is 2.30. The second-order valence-corrected chi connectivity index (χ2v) is 6.33. The van der Waals surface area contributed by atoms with Gasteiger partial charge in [-0.15, -0.1) is 0 Å². The van der Waals surface area contributed by atoms with Crippen LogP contribution in [0.25, 0.3) is 10.9 Å². The minimum Gasteiger partial charge on any atom is -0.377 e. The molecule has 1 unspecified atom stereocenters. The zero-order chi connectivity index (χ0) is 17.2. The van der Waals surface area contributed by atoms with E-state index in [0.29, 0.717) is 25.6 Å². The van der Waals surface area contributed by atoms with Gasteiger partial charge in [-0.2, -0.15) is 0 Å². The molecule has 2 aromatic heterocycles. The number of amides is 1. The number of carbonyl (C=O) groups is 1. The van der Waals surface area contributed by atoms with Crippen LogP contribution in [0, 0.1) is 0 Å². The maximum Gasteiger partial charge on any atom is 0.290 e. The van der Waals surface area contributed by atoms with Crippen molar-refractivity contribution in [2.45, 2.75) is 25.9 Å². The lowest BCUT2D eigenvalue weighted by molar-refractivity contribution is -0.00243. The second-order valence-electron chi connectivity index (χ2n) is 6.33. The number of H-pyrrole nitrogens is 1. The molecule has 1 fully saturated rings. The van der Waals surface area contributed by atoms with Crippen molar-refractivity contribution in [3.05, 3.63) is 54.2 Å². The van der Waals surface area contributed by atoms with E-state index in [9.17, 15) is 4.79 Å². The molecule has 1 aliphatic rings. The van der Waals surface area contributed by atoms with E-state index in [4.69, 9.17) is 4.74 Å². The van der Waals surface area contributed by atoms with Gasteiger partial charge in [-0.25, -0.2) is 4.98 Å². The molecule has 1 aliphatic heterocycles. The summed E-state index contributed by atoms with van der Waals surface area (Å²) in [6, 6.07) is 8.25. The molecule has 1 amide bonds. The first-order valence-electron chi connectivity index (χ1n) is 8.72. The number of aromatic nitrogens is 3. The molecule has 0 saturated carbocycles. The van der Waals surface area contributed by atoms with Gasteiger partial charge < -0.3 is 19.2 Å². The van der Waals surface area contributed by atoms with Gasteiger partial charge in [0.1, 0.15) is 0 Å². The monoisotopic (exact) mass is 338 g/mol. The Bertz CT molecular complexity index is 882. The number of fused-ring (bicyclic) bond motifs is 1. The van der Waals surface area contributed by atoms with E-state index in [1.54, 1.807) is 6.20 Å². The lowest BCUT2D eigenvalue weighted by atomic mass is 10.0. The number of nitrogens with one attached hydrogen (secondary N) is 1. The Labute approximate surface area is 146 Å². The van der Waals surface area contributed by atoms with Gasteiger partial charge in [0.25, 0.3) is 5.91 Å². The highest BCUT2D eigenvalue weighted by atomic mass is 16.5. The molecule has 1 N–H and O–H groups in total. The summed E-state index contributed by atoms with van der Waals surface area (Å²) < 4.78 is 7.56. The summed E-state index contributed by atoms with van der Waals surface area (Å²) in [5, 5.41) is 1.20. The minimum absolute atomic E-state index is 0.0139. The van der Waals surface area contributed by atoms with Crippen LogP contribution in [0.1, 0.15) is 23.1 Å². The minimum atomic E-state index is -0.0139. The lowest BCUT2D eigenvalue weighted by Crippen LogP contribution is -2.50. The van der Waals surface area contributed by atoms with Gasteiger partial charge in [-0.1, -0.05) is 18.2 Å². The maximum absolute atomic E-state index is 13.0. The molecule has 0 aliphatic carbocycles. The zero-order valence-corrected chi connectivity index (χ0v) is 14.3. The summed E-state index contributed by atoms with van der Waals surface area (Å²) >= 11 is 0. The highest BCUT2D eigenvalue weighted by molar-refractivity contribution is 5.91. The molecule has 4 rings (SSSR count). The number of rotatable bonds is 4. The van der Waals surface area contributed by atoms with Crippen molar-refractivity contribution >= 4 is 16.8 Å². The van der Waals surface area contributed by atoms with Gasteiger partial charge in [0.05, 0.1) is 19.3 Å². The zero-order valence-electron chi connectivity index (χ0n) is 14.3. The summed E-state index contributed by atoms with van der Waals surface area (Å²) in [6.45, 7) is 4.48. The third kappa shape index (κ3) is 2.93. The van der Waals surface area contributed by atoms with Crippen LogP contribution >= 0.6 is 0 Å². The average Bonchev–Trinajstić information content (AvgIpc) is 3.29. The van der Waals surface area contributed by atoms with Gasteiger partial charge >= 0.3 is 0 Å². The molecule has 0 spiro atoms. The first-order valence-corrected chi connectivity index (χ1v) is 8.72. The van der Waals surface area contributed by atoms with E-state index in [0.717, 1.165) is 18.5 Å². The number of benzene rings is 1. The Morgan fingerprint density at radius 1 is 1.40 bits per heavy atom. The van der Waals surface area contributed by atoms with Crippen LogP contribution in [-0.2, 0) is 17.7 Å². The second kappa shape index (κ2) is 6.72. The molecular weight excluding hydrogens is 316 g/mol. The maximum atomic E-state index is 13.0. The predicted molar refractivity (Wildman–Crippen MR) is 95.5 cm³/mol. The van der Waals surface area contributed by atoms with E-state index in [-0.39, 0.29) is 11.9 Å². The van der Waals surface area contributed by atoms with E-state index >= 15 is 0 Å². The van der Waals surface area contributed by atoms with Gasteiger partial charge in [-0.3, -0.25) is 4.79 Å². The van der Waals surface area contributed by atoms with E-state index in [1.165, 1.54) is 10.9 Å². The first-order chi connectivity index (χ1) is 12.3. The van der Waals surface area contributed by atoms with Crippen molar-refractivity contribution < 1.29 is 9.53 Å². The number of para-hydroxylation sites is 1. The SMILES string of the molecule is CCn1ccnc1C(=O)N1CCOCC1Cc1c[nH]c2ccccc12. The average molecular weight is 338 g/mol. The van der Waals surface area contributed by atoms with Crippen molar-refractivity contribution in [2.24, 2.45) is 0 Å². The Morgan fingerprint density at radius 3 is 3.16 bits per heavy atom. The number of ether oxygens (including phenoxy) is 1. The van der Waals surface area contributed by atoms with Crippen LogP contribution < -0.4 is 0 Å². The number of aryl methyl sites for hydroxylation is 1. The first kappa shape index (κ1) is 15.9. The summed E-state index contributed by atoms with van der Waals surface area (Å²) in [7, 11) is 0. The fourth-order valence-corrected chi connectivity index (χ4v) is 3.54. The number of nitrogens with zero attached hydrogens (tertiary/aromatic N) is 3. The van der Waals surface area contributed by atoms with Crippen LogP contribution in [0.2, 0.25) is 0 Å². The Morgan fingerprint density at radius 2 is 2.28 bits per heavy atom. The molecule has 1 saturated heterocycles. The van der Waals surface area contributed by atoms with Gasteiger partial charge in [-0.05, 0) is 25.0 Å². The summed E-state index contributed by atoms with van der Waals surface area (Å²) in [5.41, 5.74) is 2.33. The molecule has 25 heavy (non-hydrogen) atoms. The standard InChI is InChI=1S/C19H22N4O2/c1-2-22-8-7-20-18(22)19(24)23-9-10-25-13-15(23)11-14-12-21-17-6-4-3-5-16(14)17/h3-8,12,15,21H,2,9-11,13H2,1H3. The van der Waals surface area contributed by atoms with E-state index in [2.05, 4.69) is 22.1 Å². The lowest BCUT2D eigenvalue weighted by Gasteiger charge is -2.35. The topological polar surface area (TPSA) is 63.1 Å². The van der Waals surface area contributed by atoms with Crippen LogP contribution in [-0.4, -0.2) is 51.1 Å². The van der Waals surface area contributed by atoms with E-state index < -0.39 is 0 Å². The summed E-state index contributed by atoms with van der Waals surface area (Å²) in [5.74, 6) is 0.494. The molecule has 0 bridgehead atoms. The van der Waals surface area contributed by atoms with Crippen LogP contribution in [0.15, 0.2) is 42.9 Å². The number of carbonyl (C=O) groups excluding carboxylic acids is 1. The van der Waals surface area contributed by atoms with Gasteiger partial charge in [0, 0.05) is 42.6 Å². The van der Waals surface area contributed by atoms with Crippen molar-refractivity contribution in [1.82, 2.24) is 19.4 Å². The van der Waals surface area contributed by atoms with Crippen molar-refractivity contribution in [3.8, 4) is 0 Å². The number of hydrogen-bond donors (Lipinski definition) is 1. The Kier molecular flexibility index (Phi) is 4.28. The molecule has 130 valence electrons. The normalized spacial score (nSPS) is 18.0. The molecule has 6 nitrogen and oxygen atoms in total. The number of hydrogen-bond acceptors (Lipinski definition) is 3. The fraction of sp³-hybridized carbons (Fsp3) is 0.368. The van der Waals surface area contributed by atoms with E-state index in [1.807, 2.05) is 40.9 Å². The molecule has 1 atom stereocenters. The number of morpholine rings is 1. The fourth-order valence-electron chi connectivity index (χ4n) is 3.54. The summed E-state index contributed by atoms with van der Waals surface area (Å²) in [6.07, 6.45) is 6.34. The van der Waals surface area contributed by atoms with Gasteiger partial charge in [0.15, 0.2) is 5.82 Å². The molecule has 3 heterocycles. The third-order valence-electron chi connectivity index (χ3n) is 4.87. The Hall–Kier alpha value is -2.60. The van der Waals surface area contributed by atoms with Crippen LogP contribution in [0.5, 0.6) is 0 Å². The molecule has 6 heteroatoms. The smallest absolute Gasteiger partial charge is 0.290 e. The van der Waals surface area contributed by atoms with Crippen molar-refractivity contribution in [3.63, 3.8) is 0 Å². The number of aromatic amines is 1. The quantitative estimate of drug-likeness (QED) is 0.795. The molecule has 0 radical (unpaired) electrons. The Balaban J connectivity index is 1.60. The third-order valence-corrected chi connectivity index (χ3v) is 4.87. The van der Waals surface area contributed by atoms with Crippen molar-refractivity contribution in [2.75, 3.05) is 19.8 Å². The van der Waals surface area contributed by atoms with Gasteiger partial charge in [0.2, 0.25) is 0 Å². The van der Waals surface area contributed by atoms with Crippen LogP contribution in [0.3, 0.4) is 0 Å².